The zero-order valence-electron chi connectivity index (χ0n) is 9.47. The number of rotatable bonds is 1. The van der Waals surface area contributed by atoms with Crippen molar-refractivity contribution in [1.29, 1.82) is 0 Å². The van der Waals surface area contributed by atoms with E-state index in [4.69, 9.17) is 4.74 Å². The molecule has 0 N–H and O–H groups in total. The van der Waals surface area contributed by atoms with Crippen LogP contribution in [0, 0.1) is 11.8 Å². The van der Waals surface area contributed by atoms with Gasteiger partial charge in [-0.1, -0.05) is 24.0 Å². The highest BCUT2D eigenvalue weighted by Crippen LogP contribution is 2.13. The van der Waals surface area contributed by atoms with Crippen molar-refractivity contribution < 1.29 is 4.74 Å². The largest absolute Gasteiger partial charge is 0.497 e. The molecule has 0 bridgehead atoms. The molecule has 0 aromatic heterocycles. The van der Waals surface area contributed by atoms with Gasteiger partial charge in [-0.05, 0) is 36.4 Å². The van der Waals surface area contributed by atoms with Gasteiger partial charge in [0.05, 0.1) is 7.11 Å². The van der Waals surface area contributed by atoms with Crippen LogP contribution in [-0.2, 0) is 0 Å². The number of ether oxygens (including phenoxy) is 1. The Morgan fingerprint density at radius 2 is 1.65 bits per heavy atom. The summed E-state index contributed by atoms with van der Waals surface area (Å²) in [6.45, 7) is 0. The number of methoxy groups -OCH3 is 1. The third-order valence-electron chi connectivity index (χ3n) is 2.34. The molecule has 2 rings (SSSR count). The molecule has 1 nitrogen and oxygen atoms in total. The zero-order chi connectivity index (χ0) is 12.1. The molecule has 0 unspecified atom stereocenters. The first-order valence-electron chi connectivity index (χ1n) is 5.23. The van der Waals surface area contributed by atoms with Gasteiger partial charge in [0.2, 0.25) is 0 Å². The molecule has 17 heavy (non-hydrogen) atoms. The third kappa shape index (κ3) is 3.05. The van der Waals surface area contributed by atoms with Gasteiger partial charge < -0.3 is 4.74 Å². The fourth-order valence-corrected chi connectivity index (χ4v) is 1.61. The van der Waals surface area contributed by atoms with Crippen molar-refractivity contribution in [3.8, 4) is 17.6 Å². The van der Waals surface area contributed by atoms with Crippen LogP contribution in [0.3, 0.4) is 0 Å². The Balaban J connectivity index is 2.24. The molecule has 0 saturated carbocycles. The molecule has 0 saturated heterocycles. The maximum atomic E-state index is 5.09. The van der Waals surface area contributed by atoms with Crippen LogP contribution in [0.2, 0.25) is 0 Å². The fourth-order valence-electron chi connectivity index (χ4n) is 1.39. The van der Waals surface area contributed by atoms with E-state index in [0.29, 0.717) is 0 Å². The van der Waals surface area contributed by atoms with Crippen LogP contribution < -0.4 is 4.74 Å². The molecule has 0 heterocycles. The summed E-state index contributed by atoms with van der Waals surface area (Å²) in [6, 6.07) is 15.5. The molecule has 2 aromatic rings. The maximum Gasteiger partial charge on any atom is 0.118 e. The molecule has 0 aliphatic rings. The number of benzene rings is 2. The summed E-state index contributed by atoms with van der Waals surface area (Å²) in [4.78, 5) is 0.897. The van der Waals surface area contributed by atoms with Crippen LogP contribution in [0.5, 0.6) is 5.75 Å². The normalized spacial score (nSPS) is 9.29. The second-order valence-electron chi connectivity index (χ2n) is 3.50. The molecule has 0 amide bonds. The van der Waals surface area contributed by atoms with E-state index in [1.165, 1.54) is 0 Å². The second-order valence-corrected chi connectivity index (χ2v) is 3.98. The molecule has 0 fully saturated rings. The van der Waals surface area contributed by atoms with E-state index < -0.39 is 0 Å². The molecule has 2 aromatic carbocycles. The first-order valence-corrected chi connectivity index (χ1v) is 5.68. The Morgan fingerprint density at radius 1 is 0.941 bits per heavy atom. The monoisotopic (exact) mass is 240 g/mol. The average molecular weight is 240 g/mol. The molecule has 84 valence electrons. The highest BCUT2D eigenvalue weighted by molar-refractivity contribution is 7.80. The number of hydrogen-bond acceptors (Lipinski definition) is 2. The van der Waals surface area contributed by atoms with Gasteiger partial charge in [0.25, 0.3) is 0 Å². The summed E-state index contributed by atoms with van der Waals surface area (Å²) >= 11 is 4.35. The standard InChI is InChI=1S/C15H12OS/c1-16-14-10-7-12(8-11-14)6-9-13-4-2-3-5-15(13)17/h2-5,7-8,10-11,17H,1H3. The van der Waals surface area contributed by atoms with Gasteiger partial charge in [0.15, 0.2) is 0 Å². The van der Waals surface area contributed by atoms with Crippen molar-refractivity contribution in [3.05, 3.63) is 59.7 Å². The van der Waals surface area contributed by atoms with E-state index in [9.17, 15) is 0 Å². The third-order valence-corrected chi connectivity index (χ3v) is 2.73. The fraction of sp³-hybridized carbons (Fsp3) is 0.0667. The minimum absolute atomic E-state index is 0.838. The molecule has 2 heteroatoms. The number of hydrogen-bond donors (Lipinski definition) is 1. The molecule has 0 aliphatic carbocycles. The lowest BCUT2D eigenvalue weighted by Crippen LogP contribution is -1.82. The van der Waals surface area contributed by atoms with Crippen molar-refractivity contribution >= 4 is 12.6 Å². The molecular weight excluding hydrogens is 228 g/mol. The first-order chi connectivity index (χ1) is 8.29. The summed E-state index contributed by atoms with van der Waals surface area (Å²) < 4.78 is 5.09. The second kappa shape index (κ2) is 5.47. The summed E-state index contributed by atoms with van der Waals surface area (Å²) in [5.74, 6) is 7.04. The Hall–Kier alpha value is -1.85. The molecule has 0 spiro atoms. The van der Waals surface area contributed by atoms with E-state index >= 15 is 0 Å². The predicted octanol–water partition coefficient (Wildman–Crippen LogP) is 3.38. The van der Waals surface area contributed by atoms with Gasteiger partial charge in [-0.15, -0.1) is 12.6 Å². The molecule has 0 radical (unpaired) electrons. The van der Waals surface area contributed by atoms with Crippen molar-refractivity contribution in [2.45, 2.75) is 4.90 Å². The van der Waals surface area contributed by atoms with Crippen LogP contribution in [0.15, 0.2) is 53.4 Å². The van der Waals surface area contributed by atoms with Gasteiger partial charge in [-0.25, -0.2) is 0 Å². The quantitative estimate of drug-likeness (QED) is 0.594. The summed E-state index contributed by atoms with van der Waals surface area (Å²) in [5, 5.41) is 0. The van der Waals surface area contributed by atoms with Gasteiger partial charge in [0, 0.05) is 16.0 Å². The van der Waals surface area contributed by atoms with Crippen LogP contribution in [0.4, 0.5) is 0 Å². The smallest absolute Gasteiger partial charge is 0.118 e. The highest BCUT2D eigenvalue weighted by Gasteiger charge is 1.93. The SMILES string of the molecule is COc1ccc(C#Cc2ccccc2S)cc1. The highest BCUT2D eigenvalue weighted by atomic mass is 32.1. The molecule has 0 aliphatic heterocycles. The van der Waals surface area contributed by atoms with Gasteiger partial charge in [-0.2, -0.15) is 0 Å². The van der Waals surface area contributed by atoms with Crippen molar-refractivity contribution in [3.63, 3.8) is 0 Å². The van der Waals surface area contributed by atoms with E-state index in [-0.39, 0.29) is 0 Å². The van der Waals surface area contributed by atoms with Crippen molar-refractivity contribution in [1.82, 2.24) is 0 Å². The lowest BCUT2D eigenvalue weighted by molar-refractivity contribution is 0.415. The Labute approximate surface area is 107 Å². The van der Waals surface area contributed by atoms with Gasteiger partial charge in [-0.3, -0.25) is 0 Å². The maximum absolute atomic E-state index is 5.09. The Kier molecular flexibility index (Phi) is 3.74. The summed E-state index contributed by atoms with van der Waals surface area (Å²) in [7, 11) is 1.65. The van der Waals surface area contributed by atoms with Gasteiger partial charge >= 0.3 is 0 Å². The Bertz CT molecular complexity index is 561. The van der Waals surface area contributed by atoms with Crippen LogP contribution in [0.1, 0.15) is 11.1 Å². The minimum Gasteiger partial charge on any atom is -0.497 e. The van der Waals surface area contributed by atoms with E-state index in [1.54, 1.807) is 7.11 Å². The topological polar surface area (TPSA) is 9.23 Å². The van der Waals surface area contributed by atoms with Crippen LogP contribution >= 0.6 is 12.6 Å². The summed E-state index contributed by atoms with van der Waals surface area (Å²) in [6.07, 6.45) is 0. The number of thiol groups is 1. The Morgan fingerprint density at radius 3 is 2.29 bits per heavy atom. The van der Waals surface area contributed by atoms with E-state index in [2.05, 4.69) is 24.5 Å². The summed E-state index contributed by atoms with van der Waals surface area (Å²) in [5.41, 5.74) is 1.90. The predicted molar refractivity (Wildman–Crippen MR) is 72.7 cm³/mol. The van der Waals surface area contributed by atoms with Crippen molar-refractivity contribution in [2.24, 2.45) is 0 Å². The van der Waals surface area contributed by atoms with Crippen LogP contribution in [-0.4, -0.2) is 7.11 Å². The zero-order valence-corrected chi connectivity index (χ0v) is 10.4. The van der Waals surface area contributed by atoms with Crippen LogP contribution in [0.25, 0.3) is 0 Å². The lowest BCUT2D eigenvalue weighted by atomic mass is 10.2. The van der Waals surface area contributed by atoms with Crippen molar-refractivity contribution in [2.75, 3.05) is 7.11 Å². The lowest BCUT2D eigenvalue weighted by Gasteiger charge is -1.98. The minimum atomic E-state index is 0.838. The first kappa shape index (κ1) is 11.6. The van der Waals surface area contributed by atoms with E-state index in [1.807, 2.05) is 48.5 Å². The van der Waals surface area contributed by atoms with E-state index in [0.717, 1.165) is 21.8 Å². The molecular formula is C15H12OS. The molecule has 0 atom stereocenters. The van der Waals surface area contributed by atoms with Gasteiger partial charge in [0.1, 0.15) is 5.75 Å². The average Bonchev–Trinajstić information content (AvgIpc) is 2.38.